The molecular weight excluding hydrogens is 246 g/mol. The number of hydrogen-bond donors (Lipinski definition) is 1. The van der Waals surface area contributed by atoms with Crippen molar-refractivity contribution in [1.82, 2.24) is 4.98 Å². The number of aromatic carboxylic acids is 1. The molecule has 0 aliphatic carbocycles. The van der Waals surface area contributed by atoms with Gasteiger partial charge in [0.25, 0.3) is 0 Å². The Kier molecular flexibility index (Phi) is 3.66. The second kappa shape index (κ2) is 5.39. The van der Waals surface area contributed by atoms with Gasteiger partial charge in [-0.25, -0.2) is 4.79 Å². The van der Waals surface area contributed by atoms with Crippen LogP contribution in [0.4, 0.5) is 0 Å². The van der Waals surface area contributed by atoms with Gasteiger partial charge in [-0.2, -0.15) is 0 Å². The zero-order chi connectivity index (χ0) is 13.8. The van der Waals surface area contributed by atoms with E-state index in [0.717, 1.165) is 5.69 Å². The van der Waals surface area contributed by atoms with Crippen molar-refractivity contribution in [2.24, 2.45) is 0 Å². The maximum atomic E-state index is 11.0. The number of nitrogens with zero attached hydrogens (tertiary/aromatic N) is 1. The van der Waals surface area contributed by atoms with Gasteiger partial charge in [-0.15, -0.1) is 0 Å². The lowest BCUT2D eigenvalue weighted by molar-refractivity contribution is 0.0696. The molecule has 19 heavy (non-hydrogen) atoms. The van der Waals surface area contributed by atoms with Crippen molar-refractivity contribution in [1.29, 1.82) is 0 Å². The molecule has 0 aliphatic rings. The van der Waals surface area contributed by atoms with Gasteiger partial charge in [0.1, 0.15) is 5.75 Å². The average molecular weight is 259 g/mol. The monoisotopic (exact) mass is 259 g/mol. The normalized spacial score (nSPS) is 10.0. The highest BCUT2D eigenvalue weighted by molar-refractivity contribution is 5.88. The highest BCUT2D eigenvalue weighted by atomic mass is 16.5. The number of pyridine rings is 1. The minimum absolute atomic E-state index is 0.140. The van der Waals surface area contributed by atoms with Gasteiger partial charge in [0.2, 0.25) is 0 Å². The van der Waals surface area contributed by atoms with Crippen LogP contribution in [-0.4, -0.2) is 23.2 Å². The average Bonchev–Trinajstić information content (AvgIpc) is 2.38. The highest BCUT2D eigenvalue weighted by Gasteiger charge is 2.11. The molecule has 0 radical (unpaired) electrons. The van der Waals surface area contributed by atoms with Crippen LogP contribution in [0.2, 0.25) is 0 Å². The fourth-order valence-electron chi connectivity index (χ4n) is 1.60. The molecule has 1 aromatic carbocycles. The van der Waals surface area contributed by atoms with E-state index in [1.54, 1.807) is 24.4 Å². The van der Waals surface area contributed by atoms with Crippen molar-refractivity contribution < 1.29 is 19.4 Å². The number of carboxylic acids is 1. The summed E-state index contributed by atoms with van der Waals surface area (Å²) >= 11 is 0. The van der Waals surface area contributed by atoms with Gasteiger partial charge in [0.05, 0.1) is 12.7 Å². The summed E-state index contributed by atoms with van der Waals surface area (Å²) in [4.78, 5) is 15.0. The molecule has 2 rings (SSSR count). The van der Waals surface area contributed by atoms with E-state index in [4.69, 9.17) is 14.6 Å². The Balaban J connectivity index is 2.37. The molecule has 5 nitrogen and oxygen atoms in total. The summed E-state index contributed by atoms with van der Waals surface area (Å²) in [7, 11) is 1.50. The van der Waals surface area contributed by atoms with Crippen LogP contribution in [-0.2, 0) is 0 Å². The van der Waals surface area contributed by atoms with E-state index >= 15 is 0 Å². The number of rotatable bonds is 4. The second-order valence-corrected chi connectivity index (χ2v) is 3.91. The van der Waals surface area contributed by atoms with Gasteiger partial charge in [0.15, 0.2) is 11.5 Å². The summed E-state index contributed by atoms with van der Waals surface area (Å²) in [6, 6.07) is 7.91. The van der Waals surface area contributed by atoms with Gasteiger partial charge in [0, 0.05) is 18.0 Å². The van der Waals surface area contributed by atoms with Crippen molar-refractivity contribution >= 4 is 5.97 Å². The Morgan fingerprint density at radius 2 is 2.00 bits per heavy atom. The molecule has 0 saturated carbocycles. The molecule has 0 unspecified atom stereocenters. The number of ether oxygens (including phenoxy) is 2. The first-order valence-electron chi connectivity index (χ1n) is 5.62. The number of aromatic nitrogens is 1. The Hall–Kier alpha value is -2.56. The zero-order valence-corrected chi connectivity index (χ0v) is 10.6. The van der Waals surface area contributed by atoms with Gasteiger partial charge in [-0.3, -0.25) is 4.98 Å². The SMILES string of the molecule is COc1ccc(C(=O)O)cc1Oc1ccnc(C)c1. The van der Waals surface area contributed by atoms with Crippen LogP contribution >= 0.6 is 0 Å². The molecule has 0 fully saturated rings. The molecule has 1 N–H and O–H groups in total. The van der Waals surface area contributed by atoms with Crippen LogP contribution in [0.25, 0.3) is 0 Å². The fraction of sp³-hybridized carbons (Fsp3) is 0.143. The molecular formula is C14H13NO4. The van der Waals surface area contributed by atoms with Crippen LogP contribution in [0.1, 0.15) is 16.1 Å². The highest BCUT2D eigenvalue weighted by Crippen LogP contribution is 2.32. The predicted molar refractivity (Wildman–Crippen MR) is 69.0 cm³/mol. The largest absolute Gasteiger partial charge is 0.493 e. The number of benzene rings is 1. The summed E-state index contributed by atoms with van der Waals surface area (Å²) in [6.45, 7) is 1.85. The van der Waals surface area contributed by atoms with Crippen molar-refractivity contribution in [3.63, 3.8) is 0 Å². The third kappa shape index (κ3) is 3.01. The molecule has 0 bridgehead atoms. The maximum Gasteiger partial charge on any atom is 0.335 e. The first-order valence-corrected chi connectivity index (χ1v) is 5.62. The van der Waals surface area contributed by atoms with Crippen LogP contribution < -0.4 is 9.47 Å². The summed E-state index contributed by atoms with van der Waals surface area (Å²) in [5.41, 5.74) is 0.951. The summed E-state index contributed by atoms with van der Waals surface area (Å²) < 4.78 is 10.8. The predicted octanol–water partition coefficient (Wildman–Crippen LogP) is 2.89. The van der Waals surface area contributed by atoms with Gasteiger partial charge >= 0.3 is 5.97 Å². The van der Waals surface area contributed by atoms with E-state index in [1.807, 2.05) is 6.92 Å². The standard InChI is InChI=1S/C14H13NO4/c1-9-7-11(5-6-15-9)19-13-8-10(14(16)17)3-4-12(13)18-2/h3-8H,1-2H3,(H,16,17). The number of carbonyl (C=O) groups is 1. The molecule has 98 valence electrons. The van der Waals surface area contributed by atoms with Gasteiger partial charge < -0.3 is 14.6 Å². The lowest BCUT2D eigenvalue weighted by Gasteiger charge is -2.11. The Bertz CT molecular complexity index is 610. The van der Waals surface area contributed by atoms with Crippen molar-refractivity contribution in [2.75, 3.05) is 7.11 Å². The maximum absolute atomic E-state index is 11.0. The molecule has 0 amide bonds. The number of carboxylic acid groups (broad SMARTS) is 1. The van der Waals surface area contributed by atoms with Gasteiger partial charge in [-0.1, -0.05) is 0 Å². The molecule has 0 aliphatic heterocycles. The van der Waals surface area contributed by atoms with E-state index in [2.05, 4.69) is 4.98 Å². The Morgan fingerprint density at radius 1 is 1.21 bits per heavy atom. The molecule has 2 aromatic rings. The third-order valence-electron chi connectivity index (χ3n) is 2.51. The minimum Gasteiger partial charge on any atom is -0.493 e. The summed E-state index contributed by atoms with van der Waals surface area (Å²) in [6.07, 6.45) is 1.62. The summed E-state index contributed by atoms with van der Waals surface area (Å²) in [5, 5.41) is 8.98. The number of aryl methyl sites for hydroxylation is 1. The van der Waals surface area contributed by atoms with E-state index in [0.29, 0.717) is 17.2 Å². The number of hydrogen-bond acceptors (Lipinski definition) is 4. The quantitative estimate of drug-likeness (QED) is 0.914. The number of methoxy groups -OCH3 is 1. The lowest BCUT2D eigenvalue weighted by atomic mass is 10.2. The van der Waals surface area contributed by atoms with Crippen LogP contribution in [0, 0.1) is 6.92 Å². The minimum atomic E-state index is -1.02. The van der Waals surface area contributed by atoms with Crippen molar-refractivity contribution in [3.05, 3.63) is 47.8 Å². The van der Waals surface area contributed by atoms with Crippen molar-refractivity contribution in [2.45, 2.75) is 6.92 Å². The third-order valence-corrected chi connectivity index (χ3v) is 2.51. The van der Waals surface area contributed by atoms with Crippen LogP contribution in [0.5, 0.6) is 17.2 Å². The zero-order valence-electron chi connectivity index (χ0n) is 10.6. The van der Waals surface area contributed by atoms with E-state index in [9.17, 15) is 4.79 Å². The topological polar surface area (TPSA) is 68.7 Å². The summed E-state index contributed by atoms with van der Waals surface area (Å²) in [5.74, 6) is 0.388. The first-order chi connectivity index (χ1) is 9.10. The fourth-order valence-corrected chi connectivity index (χ4v) is 1.60. The lowest BCUT2D eigenvalue weighted by Crippen LogP contribution is -1.98. The molecule has 5 heteroatoms. The van der Waals surface area contributed by atoms with Gasteiger partial charge in [-0.05, 0) is 31.2 Å². The molecule has 0 atom stereocenters. The second-order valence-electron chi connectivity index (χ2n) is 3.91. The first kappa shape index (κ1) is 12.9. The van der Waals surface area contributed by atoms with E-state index < -0.39 is 5.97 Å². The van der Waals surface area contributed by atoms with Crippen molar-refractivity contribution in [3.8, 4) is 17.2 Å². The molecule has 0 saturated heterocycles. The van der Waals surface area contributed by atoms with Crippen LogP contribution in [0.3, 0.4) is 0 Å². The Morgan fingerprint density at radius 3 is 2.63 bits per heavy atom. The Labute approximate surface area is 110 Å². The molecule has 1 heterocycles. The van der Waals surface area contributed by atoms with E-state index in [-0.39, 0.29) is 5.56 Å². The smallest absolute Gasteiger partial charge is 0.335 e. The van der Waals surface area contributed by atoms with Crippen LogP contribution in [0.15, 0.2) is 36.5 Å². The van der Waals surface area contributed by atoms with E-state index in [1.165, 1.54) is 19.2 Å². The molecule has 1 aromatic heterocycles. The molecule has 0 spiro atoms.